The zero-order valence-corrected chi connectivity index (χ0v) is 14.5. The Bertz CT molecular complexity index is 795. The number of carbonyl (C=O) groups excluding carboxylic acids is 2. The smallest absolute Gasteiger partial charge is 0.296 e. The second-order valence-corrected chi connectivity index (χ2v) is 6.58. The van der Waals surface area contributed by atoms with Crippen LogP contribution < -0.4 is 10.1 Å². The lowest BCUT2D eigenvalue weighted by molar-refractivity contribution is -0.112. The van der Waals surface area contributed by atoms with E-state index in [9.17, 15) is 9.59 Å². The minimum atomic E-state index is -0.700. The number of anilines is 1. The molecule has 5 heteroatoms. The molecule has 5 nitrogen and oxygen atoms in total. The summed E-state index contributed by atoms with van der Waals surface area (Å²) >= 11 is 0. The van der Waals surface area contributed by atoms with Gasteiger partial charge in [-0.1, -0.05) is 45.0 Å². The van der Waals surface area contributed by atoms with E-state index in [2.05, 4.69) is 26.1 Å². The van der Waals surface area contributed by atoms with Crippen LogP contribution in [0.5, 0.6) is 5.75 Å². The van der Waals surface area contributed by atoms with Gasteiger partial charge in [0.1, 0.15) is 11.8 Å². The molecule has 1 amide bonds. The van der Waals surface area contributed by atoms with Gasteiger partial charge in [-0.05, 0) is 35.2 Å². The molecule has 0 fully saturated rings. The number of hydrogen-bond donors (Lipinski definition) is 1. The topological polar surface area (TPSA) is 79.2 Å². The van der Waals surface area contributed by atoms with Crippen LogP contribution in [0.1, 0.15) is 36.7 Å². The molecule has 0 heterocycles. The van der Waals surface area contributed by atoms with E-state index >= 15 is 0 Å². The zero-order chi connectivity index (χ0) is 18.4. The van der Waals surface area contributed by atoms with Gasteiger partial charge in [-0.3, -0.25) is 9.59 Å². The second kappa shape index (κ2) is 7.63. The molecule has 0 aromatic heterocycles. The van der Waals surface area contributed by atoms with Gasteiger partial charge in [0.2, 0.25) is 0 Å². The van der Waals surface area contributed by atoms with E-state index in [1.165, 1.54) is 0 Å². The number of amides is 1. The Kier molecular flexibility index (Phi) is 5.56. The maximum absolute atomic E-state index is 12.2. The van der Waals surface area contributed by atoms with Gasteiger partial charge in [0, 0.05) is 11.3 Å². The summed E-state index contributed by atoms with van der Waals surface area (Å²) in [6.45, 7) is 6.20. The molecule has 25 heavy (non-hydrogen) atoms. The van der Waals surface area contributed by atoms with E-state index in [-0.39, 0.29) is 12.0 Å². The van der Waals surface area contributed by atoms with E-state index in [4.69, 9.17) is 10.00 Å². The molecule has 0 unspecified atom stereocenters. The normalized spacial score (nSPS) is 10.6. The average molecular weight is 336 g/mol. The second-order valence-electron chi connectivity index (χ2n) is 6.58. The van der Waals surface area contributed by atoms with Crippen LogP contribution in [0.2, 0.25) is 0 Å². The Morgan fingerprint density at radius 3 is 2.16 bits per heavy atom. The molecule has 0 saturated heterocycles. The highest BCUT2D eigenvalue weighted by Crippen LogP contribution is 2.22. The average Bonchev–Trinajstić information content (AvgIpc) is 2.60. The Morgan fingerprint density at radius 1 is 1.04 bits per heavy atom. The summed E-state index contributed by atoms with van der Waals surface area (Å²) in [6.07, 6.45) is 0. The highest BCUT2D eigenvalue weighted by atomic mass is 16.5. The summed E-state index contributed by atoms with van der Waals surface area (Å²) in [4.78, 5) is 24.4. The fourth-order valence-electron chi connectivity index (χ4n) is 2.19. The molecule has 0 aliphatic heterocycles. The van der Waals surface area contributed by atoms with Gasteiger partial charge in [0.15, 0.2) is 6.61 Å². The number of rotatable bonds is 5. The number of nitrogens with one attached hydrogen (secondary N) is 1. The van der Waals surface area contributed by atoms with Crippen LogP contribution in [0.3, 0.4) is 0 Å². The molecule has 2 rings (SSSR count). The van der Waals surface area contributed by atoms with Crippen molar-refractivity contribution in [2.45, 2.75) is 26.2 Å². The molecule has 0 atom stereocenters. The van der Waals surface area contributed by atoms with E-state index in [1.54, 1.807) is 36.4 Å². The number of Topliss-reactive ketones (excluding diaryl/α,β-unsaturated/α-hetero) is 1. The predicted molar refractivity (Wildman–Crippen MR) is 95.7 cm³/mol. The van der Waals surface area contributed by atoms with Gasteiger partial charge in [0.05, 0.1) is 0 Å². The fraction of sp³-hybridized carbons (Fsp3) is 0.250. The number of hydrogen-bond acceptors (Lipinski definition) is 4. The van der Waals surface area contributed by atoms with Gasteiger partial charge in [0.25, 0.3) is 11.7 Å². The van der Waals surface area contributed by atoms with E-state index in [1.807, 2.05) is 18.2 Å². The number of ketones is 1. The number of ether oxygens (including phenoxy) is 1. The molecule has 0 aliphatic rings. The van der Waals surface area contributed by atoms with E-state index in [0.29, 0.717) is 17.0 Å². The lowest BCUT2D eigenvalue weighted by atomic mass is 9.86. The first-order chi connectivity index (χ1) is 11.8. The largest absolute Gasteiger partial charge is 0.479 e. The molecule has 0 aliphatic carbocycles. The minimum absolute atomic E-state index is 0.0147. The van der Waals surface area contributed by atoms with Crippen molar-refractivity contribution in [3.8, 4) is 11.8 Å². The summed E-state index contributed by atoms with van der Waals surface area (Å²) in [7, 11) is 0. The molecule has 128 valence electrons. The highest BCUT2D eigenvalue weighted by molar-refractivity contribution is 6.46. The molecule has 2 aromatic rings. The first-order valence-corrected chi connectivity index (χ1v) is 7.87. The highest BCUT2D eigenvalue weighted by Gasteiger charge is 2.18. The molecule has 0 spiro atoms. The van der Waals surface area contributed by atoms with Crippen LogP contribution in [0, 0.1) is 11.3 Å². The molecule has 0 saturated carbocycles. The van der Waals surface area contributed by atoms with Gasteiger partial charge < -0.3 is 10.1 Å². The standard InChI is InChI=1S/C20H20N2O3/c1-20(2,3)15-6-4-14(5-7-15)18(23)19(24)22-16-8-10-17(11-9-16)25-13-12-21/h4-11H,13H2,1-3H3,(H,22,24). The maximum atomic E-state index is 12.2. The minimum Gasteiger partial charge on any atom is -0.479 e. The number of nitrogens with zero attached hydrogens (tertiary/aromatic N) is 1. The Labute approximate surface area is 147 Å². The van der Waals surface area contributed by atoms with Gasteiger partial charge in [-0.15, -0.1) is 0 Å². The first kappa shape index (κ1) is 18.2. The Hall–Kier alpha value is -3.13. The lowest BCUT2D eigenvalue weighted by Gasteiger charge is -2.18. The van der Waals surface area contributed by atoms with Crippen LogP contribution in [0.15, 0.2) is 48.5 Å². The molecule has 0 radical (unpaired) electrons. The maximum Gasteiger partial charge on any atom is 0.296 e. The van der Waals surface area contributed by atoms with Crippen LogP contribution in [-0.4, -0.2) is 18.3 Å². The third-order valence-electron chi connectivity index (χ3n) is 3.63. The summed E-state index contributed by atoms with van der Waals surface area (Å²) < 4.78 is 5.13. The quantitative estimate of drug-likeness (QED) is 0.667. The summed E-state index contributed by atoms with van der Waals surface area (Å²) in [6, 6.07) is 15.4. The van der Waals surface area contributed by atoms with Gasteiger partial charge >= 0.3 is 0 Å². The summed E-state index contributed by atoms with van der Waals surface area (Å²) in [5.41, 5.74) is 1.91. The monoisotopic (exact) mass is 336 g/mol. The van der Waals surface area contributed by atoms with E-state index < -0.39 is 11.7 Å². The summed E-state index contributed by atoms with van der Waals surface area (Å²) in [5.74, 6) is -0.775. The molecule has 1 N–H and O–H groups in total. The predicted octanol–water partition coefficient (Wildman–Crippen LogP) is 3.71. The Balaban J connectivity index is 2.03. The zero-order valence-electron chi connectivity index (χ0n) is 14.5. The van der Waals surface area contributed by atoms with Crippen molar-refractivity contribution >= 4 is 17.4 Å². The Morgan fingerprint density at radius 2 is 1.64 bits per heavy atom. The lowest BCUT2D eigenvalue weighted by Crippen LogP contribution is -2.23. The molecular formula is C20H20N2O3. The third-order valence-corrected chi connectivity index (χ3v) is 3.63. The fourth-order valence-corrected chi connectivity index (χ4v) is 2.19. The SMILES string of the molecule is CC(C)(C)c1ccc(C(=O)C(=O)Nc2ccc(OCC#N)cc2)cc1. The van der Waals surface area contributed by atoms with E-state index in [0.717, 1.165) is 5.56 Å². The first-order valence-electron chi connectivity index (χ1n) is 7.87. The van der Waals surface area contributed by atoms with Crippen molar-refractivity contribution in [2.24, 2.45) is 0 Å². The van der Waals surface area contributed by atoms with Crippen molar-refractivity contribution in [1.82, 2.24) is 0 Å². The molecule has 2 aromatic carbocycles. The molecule has 0 bridgehead atoms. The van der Waals surface area contributed by atoms with Crippen molar-refractivity contribution in [1.29, 1.82) is 5.26 Å². The van der Waals surface area contributed by atoms with Crippen LogP contribution in [0.4, 0.5) is 5.69 Å². The number of benzene rings is 2. The van der Waals surface area contributed by atoms with Crippen LogP contribution >= 0.6 is 0 Å². The number of carbonyl (C=O) groups is 2. The third kappa shape index (κ3) is 4.92. The van der Waals surface area contributed by atoms with Gasteiger partial charge in [-0.25, -0.2) is 0 Å². The van der Waals surface area contributed by atoms with Crippen molar-refractivity contribution < 1.29 is 14.3 Å². The van der Waals surface area contributed by atoms with Crippen molar-refractivity contribution in [3.05, 3.63) is 59.7 Å². The summed E-state index contributed by atoms with van der Waals surface area (Å²) in [5, 5.41) is 11.0. The van der Waals surface area contributed by atoms with Crippen LogP contribution in [0.25, 0.3) is 0 Å². The van der Waals surface area contributed by atoms with Crippen molar-refractivity contribution in [2.75, 3.05) is 11.9 Å². The molecular weight excluding hydrogens is 316 g/mol. The van der Waals surface area contributed by atoms with Crippen LogP contribution in [-0.2, 0) is 10.2 Å². The number of nitriles is 1. The van der Waals surface area contributed by atoms with Gasteiger partial charge in [-0.2, -0.15) is 5.26 Å². The van der Waals surface area contributed by atoms with Crippen molar-refractivity contribution in [3.63, 3.8) is 0 Å².